The fraction of sp³-hybridized carbons (Fsp3) is 0.909. The lowest BCUT2D eigenvalue weighted by molar-refractivity contribution is -0.128. The zero-order valence-corrected chi connectivity index (χ0v) is 9.35. The minimum atomic E-state index is 0.0770. The molecule has 0 heterocycles. The zero-order valence-electron chi connectivity index (χ0n) is 7.76. The first-order valence-corrected chi connectivity index (χ1v) is 6.08. The Hall–Kier alpha value is 0.150. The third-order valence-electron chi connectivity index (χ3n) is 4.28. The molecule has 4 aliphatic rings. The molecule has 0 aromatic rings. The number of alkyl halides is 1. The van der Waals surface area contributed by atoms with Gasteiger partial charge in [-0.15, -0.1) is 0 Å². The van der Waals surface area contributed by atoms with Crippen molar-refractivity contribution in [1.82, 2.24) is 0 Å². The predicted molar refractivity (Wildman–Crippen MR) is 54.8 cm³/mol. The van der Waals surface area contributed by atoms with E-state index in [1.165, 1.54) is 38.4 Å². The van der Waals surface area contributed by atoms with Crippen molar-refractivity contribution in [3.8, 4) is 0 Å². The largest absolute Gasteiger partial charge is 0.303 e. The monoisotopic (exact) mass is 242 g/mol. The van der Waals surface area contributed by atoms with Gasteiger partial charge < -0.3 is 4.79 Å². The summed E-state index contributed by atoms with van der Waals surface area (Å²) in [6, 6.07) is 0. The Balaban J connectivity index is 2.00. The lowest BCUT2D eigenvalue weighted by atomic mass is 9.50. The molecule has 13 heavy (non-hydrogen) atoms. The Morgan fingerprint density at radius 3 is 2.23 bits per heavy atom. The molecule has 1 nitrogen and oxygen atoms in total. The number of carbonyl (C=O) groups excluding carboxylic acids is 1. The number of aldehydes is 1. The van der Waals surface area contributed by atoms with Crippen LogP contribution in [-0.4, -0.2) is 10.6 Å². The molecule has 0 aliphatic heterocycles. The topological polar surface area (TPSA) is 17.1 Å². The summed E-state index contributed by atoms with van der Waals surface area (Å²) in [5.74, 6) is 1.68. The lowest BCUT2D eigenvalue weighted by Gasteiger charge is -2.58. The highest BCUT2D eigenvalue weighted by Crippen LogP contribution is 2.63. The smallest absolute Gasteiger partial charge is 0.126 e. The van der Waals surface area contributed by atoms with Gasteiger partial charge in [0.25, 0.3) is 0 Å². The van der Waals surface area contributed by atoms with Gasteiger partial charge in [0.2, 0.25) is 0 Å². The summed E-state index contributed by atoms with van der Waals surface area (Å²) in [4.78, 5) is 11.2. The van der Waals surface area contributed by atoms with Crippen molar-refractivity contribution in [2.45, 2.75) is 42.8 Å². The van der Waals surface area contributed by atoms with Crippen LogP contribution < -0.4 is 0 Å². The fourth-order valence-corrected chi connectivity index (χ4v) is 5.83. The van der Waals surface area contributed by atoms with Gasteiger partial charge in [0.15, 0.2) is 0 Å². The number of hydrogen-bond donors (Lipinski definition) is 0. The van der Waals surface area contributed by atoms with Crippen LogP contribution in [0.1, 0.15) is 38.5 Å². The van der Waals surface area contributed by atoms with Gasteiger partial charge in [-0.25, -0.2) is 0 Å². The molecule has 0 amide bonds. The summed E-state index contributed by atoms with van der Waals surface area (Å²) in [6.07, 6.45) is 8.76. The van der Waals surface area contributed by atoms with Gasteiger partial charge in [-0.1, -0.05) is 15.9 Å². The second-order valence-corrected chi connectivity index (χ2v) is 7.27. The third kappa shape index (κ3) is 1.14. The van der Waals surface area contributed by atoms with Gasteiger partial charge in [-0.2, -0.15) is 0 Å². The van der Waals surface area contributed by atoms with E-state index in [-0.39, 0.29) is 5.41 Å². The Morgan fingerprint density at radius 1 is 1.15 bits per heavy atom. The average molecular weight is 243 g/mol. The molecule has 0 aromatic carbocycles. The summed E-state index contributed by atoms with van der Waals surface area (Å²) < 4.78 is 0.345. The molecule has 2 heteroatoms. The number of hydrogen-bond acceptors (Lipinski definition) is 1. The average Bonchev–Trinajstić information content (AvgIpc) is 1.99. The van der Waals surface area contributed by atoms with Crippen molar-refractivity contribution in [3.05, 3.63) is 0 Å². The molecule has 0 spiro atoms. The first-order chi connectivity index (χ1) is 6.13. The Kier molecular flexibility index (Phi) is 1.55. The number of carbonyl (C=O) groups is 1. The zero-order chi connectivity index (χ0) is 9.10. The van der Waals surface area contributed by atoms with Crippen LogP contribution in [0.4, 0.5) is 0 Å². The molecule has 0 N–H and O–H groups in total. The third-order valence-corrected chi connectivity index (χ3v) is 5.21. The Labute approximate surface area is 87.4 Å². The fourth-order valence-electron chi connectivity index (χ4n) is 4.36. The molecule has 4 rings (SSSR count). The van der Waals surface area contributed by atoms with Crippen molar-refractivity contribution < 1.29 is 4.79 Å². The van der Waals surface area contributed by atoms with Crippen LogP contribution in [0.25, 0.3) is 0 Å². The Bertz CT molecular complexity index is 247. The molecule has 2 unspecified atom stereocenters. The van der Waals surface area contributed by atoms with E-state index in [1.54, 1.807) is 0 Å². The normalized spacial score (nSPS) is 58.2. The maximum absolute atomic E-state index is 11.2. The van der Waals surface area contributed by atoms with Crippen LogP contribution in [0.3, 0.4) is 0 Å². The van der Waals surface area contributed by atoms with Crippen molar-refractivity contribution in [2.75, 3.05) is 0 Å². The molecule has 72 valence electrons. The molecule has 4 saturated carbocycles. The van der Waals surface area contributed by atoms with Crippen LogP contribution in [0.2, 0.25) is 0 Å². The van der Waals surface area contributed by atoms with Crippen molar-refractivity contribution in [2.24, 2.45) is 17.3 Å². The lowest BCUT2D eigenvalue weighted by Crippen LogP contribution is -2.53. The summed E-state index contributed by atoms with van der Waals surface area (Å²) in [5.41, 5.74) is 0.0770. The van der Waals surface area contributed by atoms with Crippen molar-refractivity contribution >= 4 is 22.2 Å². The van der Waals surface area contributed by atoms with Crippen LogP contribution in [0, 0.1) is 17.3 Å². The first-order valence-electron chi connectivity index (χ1n) is 5.28. The molecule has 4 fully saturated rings. The van der Waals surface area contributed by atoms with Crippen LogP contribution in [-0.2, 0) is 4.79 Å². The van der Waals surface area contributed by atoms with Gasteiger partial charge in [0.1, 0.15) is 6.29 Å². The maximum atomic E-state index is 11.2. The summed E-state index contributed by atoms with van der Waals surface area (Å²) in [7, 11) is 0. The highest BCUT2D eigenvalue weighted by atomic mass is 79.9. The van der Waals surface area contributed by atoms with Gasteiger partial charge in [-0.05, 0) is 50.4 Å². The molecule has 0 radical (unpaired) electrons. The molecular formula is C11H15BrO. The van der Waals surface area contributed by atoms with Crippen LogP contribution in [0.15, 0.2) is 0 Å². The summed E-state index contributed by atoms with van der Waals surface area (Å²) in [5, 5.41) is 0. The highest BCUT2D eigenvalue weighted by molar-refractivity contribution is 9.10. The molecular weight excluding hydrogens is 228 g/mol. The standard InChI is InChI=1S/C11H15BrO/c12-11-4-8-1-9(5-11)3-10(2-8,6-11)7-13/h7-9H,1-6H2. The summed E-state index contributed by atoms with van der Waals surface area (Å²) in [6.45, 7) is 0. The predicted octanol–water partition coefficient (Wildman–Crippen LogP) is 2.92. The van der Waals surface area contributed by atoms with E-state index < -0.39 is 0 Å². The second kappa shape index (κ2) is 2.39. The van der Waals surface area contributed by atoms with E-state index in [1.807, 2.05) is 0 Å². The van der Waals surface area contributed by atoms with Crippen LogP contribution >= 0.6 is 15.9 Å². The maximum Gasteiger partial charge on any atom is 0.126 e. The number of halogens is 1. The molecule has 4 aliphatic carbocycles. The number of rotatable bonds is 1. The second-order valence-electron chi connectivity index (χ2n) is 5.59. The van der Waals surface area contributed by atoms with E-state index in [2.05, 4.69) is 15.9 Å². The van der Waals surface area contributed by atoms with Crippen molar-refractivity contribution in [3.63, 3.8) is 0 Å². The molecule has 4 bridgehead atoms. The van der Waals surface area contributed by atoms with Gasteiger partial charge in [0, 0.05) is 9.74 Å². The minimum absolute atomic E-state index is 0.0770. The summed E-state index contributed by atoms with van der Waals surface area (Å²) >= 11 is 3.87. The van der Waals surface area contributed by atoms with E-state index in [0.717, 1.165) is 18.3 Å². The first kappa shape index (κ1) is 8.46. The van der Waals surface area contributed by atoms with Gasteiger partial charge in [0.05, 0.1) is 0 Å². The van der Waals surface area contributed by atoms with Gasteiger partial charge >= 0.3 is 0 Å². The van der Waals surface area contributed by atoms with E-state index in [4.69, 9.17) is 0 Å². The van der Waals surface area contributed by atoms with Crippen LogP contribution in [0.5, 0.6) is 0 Å². The Morgan fingerprint density at radius 2 is 1.77 bits per heavy atom. The van der Waals surface area contributed by atoms with Gasteiger partial charge in [-0.3, -0.25) is 0 Å². The van der Waals surface area contributed by atoms with E-state index in [9.17, 15) is 4.79 Å². The molecule has 0 saturated heterocycles. The minimum Gasteiger partial charge on any atom is -0.303 e. The van der Waals surface area contributed by atoms with Crippen molar-refractivity contribution in [1.29, 1.82) is 0 Å². The molecule has 2 atom stereocenters. The SMILES string of the molecule is O=CC12CC3CC(CC(Br)(C3)C1)C2. The van der Waals surface area contributed by atoms with E-state index in [0.29, 0.717) is 4.32 Å². The highest BCUT2D eigenvalue weighted by Gasteiger charge is 2.56. The molecule has 0 aromatic heterocycles. The quantitative estimate of drug-likeness (QED) is 0.511. The van der Waals surface area contributed by atoms with E-state index >= 15 is 0 Å².